The molecule has 1 heterocycles. The van der Waals surface area contributed by atoms with Crippen LogP contribution in [0.15, 0.2) is 66.9 Å². The zero-order valence-electron chi connectivity index (χ0n) is 15.4. The Morgan fingerprint density at radius 2 is 1.71 bits per heavy atom. The first-order valence-corrected chi connectivity index (χ1v) is 8.77. The minimum absolute atomic E-state index is 0.120. The molecule has 138 valence electrons. The van der Waals surface area contributed by atoms with Gasteiger partial charge in [-0.15, -0.1) is 0 Å². The van der Waals surface area contributed by atoms with Crippen molar-refractivity contribution in [2.45, 2.75) is 13.8 Å². The third-order valence-electron chi connectivity index (χ3n) is 4.61. The summed E-state index contributed by atoms with van der Waals surface area (Å²) in [6.07, 6.45) is 1.62. The molecule has 0 saturated heterocycles. The van der Waals surface area contributed by atoms with Gasteiger partial charge >= 0.3 is 5.69 Å². The second-order valence-corrected chi connectivity index (χ2v) is 6.53. The lowest BCUT2D eigenvalue weighted by molar-refractivity contribution is -0.385. The molecule has 6 heteroatoms. The second kappa shape index (κ2) is 7.08. The Morgan fingerprint density at radius 1 is 0.929 bits per heavy atom. The van der Waals surface area contributed by atoms with Crippen LogP contribution in [0.2, 0.25) is 0 Å². The van der Waals surface area contributed by atoms with Crippen molar-refractivity contribution < 1.29 is 9.66 Å². The zero-order valence-corrected chi connectivity index (χ0v) is 15.4. The predicted octanol–water partition coefficient (Wildman–Crippen LogP) is 5.61. The highest BCUT2D eigenvalue weighted by Gasteiger charge is 2.18. The van der Waals surface area contributed by atoms with Crippen LogP contribution in [0.4, 0.5) is 5.69 Å². The molecule has 0 aliphatic carbocycles. The van der Waals surface area contributed by atoms with Crippen LogP contribution in [0.25, 0.3) is 22.3 Å². The number of rotatable bonds is 4. The SMILES string of the molecule is Cc1ccc(Oc2ccc(-c3cnc4ccccc4n3)cc2[N+](=O)[O-])cc1C. The van der Waals surface area contributed by atoms with Gasteiger partial charge in [-0.05, 0) is 61.4 Å². The van der Waals surface area contributed by atoms with Crippen molar-refractivity contribution in [2.75, 3.05) is 0 Å². The molecule has 1 aromatic heterocycles. The van der Waals surface area contributed by atoms with Gasteiger partial charge in [-0.1, -0.05) is 18.2 Å². The Morgan fingerprint density at radius 3 is 2.46 bits per heavy atom. The molecule has 0 saturated carbocycles. The summed E-state index contributed by atoms with van der Waals surface area (Å²) in [7, 11) is 0. The Bertz CT molecular complexity index is 1200. The molecular weight excluding hydrogens is 354 g/mol. The van der Waals surface area contributed by atoms with E-state index in [0.29, 0.717) is 17.0 Å². The molecule has 0 radical (unpaired) electrons. The Kier molecular flexibility index (Phi) is 4.45. The van der Waals surface area contributed by atoms with E-state index < -0.39 is 4.92 Å². The number of ether oxygens (including phenoxy) is 1. The normalized spacial score (nSPS) is 10.8. The van der Waals surface area contributed by atoms with E-state index in [4.69, 9.17) is 4.74 Å². The standard InChI is InChI=1S/C22H17N3O3/c1-14-7-9-17(11-15(14)2)28-22-10-8-16(12-21(22)25(26)27)20-13-23-18-5-3-4-6-19(18)24-20/h3-13H,1-2H3. The number of fused-ring (bicyclic) bond motifs is 1. The lowest BCUT2D eigenvalue weighted by Crippen LogP contribution is -1.96. The molecule has 0 unspecified atom stereocenters. The van der Waals surface area contributed by atoms with E-state index in [9.17, 15) is 10.1 Å². The summed E-state index contributed by atoms with van der Waals surface area (Å²) in [5.74, 6) is 0.746. The van der Waals surface area contributed by atoms with Crippen LogP contribution in [-0.2, 0) is 0 Å². The molecule has 0 aliphatic rings. The van der Waals surface area contributed by atoms with Gasteiger partial charge in [0.15, 0.2) is 0 Å². The molecule has 4 aromatic rings. The number of hydrogen-bond donors (Lipinski definition) is 0. The van der Waals surface area contributed by atoms with Gasteiger partial charge in [-0.3, -0.25) is 15.1 Å². The fourth-order valence-corrected chi connectivity index (χ4v) is 2.91. The number of nitro benzene ring substituents is 1. The average molecular weight is 371 g/mol. The minimum Gasteiger partial charge on any atom is -0.450 e. The quantitative estimate of drug-likeness (QED) is 0.344. The number of aromatic nitrogens is 2. The van der Waals surface area contributed by atoms with Gasteiger partial charge in [0.1, 0.15) is 5.75 Å². The molecule has 0 atom stereocenters. The highest BCUT2D eigenvalue weighted by atomic mass is 16.6. The van der Waals surface area contributed by atoms with Crippen LogP contribution < -0.4 is 4.74 Å². The number of benzene rings is 3. The molecule has 0 aliphatic heterocycles. The fourth-order valence-electron chi connectivity index (χ4n) is 2.91. The summed E-state index contributed by atoms with van der Waals surface area (Å²) >= 11 is 0. The molecular formula is C22H17N3O3. The van der Waals surface area contributed by atoms with Crippen molar-refractivity contribution in [3.05, 3.63) is 88.1 Å². The van der Waals surface area contributed by atoms with Gasteiger partial charge in [0.25, 0.3) is 0 Å². The van der Waals surface area contributed by atoms with Crippen molar-refractivity contribution in [3.8, 4) is 22.8 Å². The predicted molar refractivity (Wildman–Crippen MR) is 108 cm³/mol. The highest BCUT2D eigenvalue weighted by molar-refractivity contribution is 5.77. The van der Waals surface area contributed by atoms with Crippen molar-refractivity contribution in [1.82, 2.24) is 9.97 Å². The van der Waals surface area contributed by atoms with Crippen LogP contribution in [0, 0.1) is 24.0 Å². The molecule has 0 bridgehead atoms. The van der Waals surface area contributed by atoms with E-state index in [-0.39, 0.29) is 11.4 Å². The van der Waals surface area contributed by atoms with Crippen LogP contribution >= 0.6 is 0 Å². The largest absolute Gasteiger partial charge is 0.450 e. The first-order valence-electron chi connectivity index (χ1n) is 8.77. The van der Waals surface area contributed by atoms with Gasteiger partial charge < -0.3 is 4.74 Å². The monoisotopic (exact) mass is 371 g/mol. The summed E-state index contributed by atoms with van der Waals surface area (Å²) < 4.78 is 5.79. The first kappa shape index (κ1) is 17.6. The smallest absolute Gasteiger partial charge is 0.312 e. The molecule has 28 heavy (non-hydrogen) atoms. The van der Waals surface area contributed by atoms with Gasteiger partial charge in [-0.25, -0.2) is 4.98 Å². The Balaban J connectivity index is 1.73. The third kappa shape index (κ3) is 3.40. The van der Waals surface area contributed by atoms with Crippen LogP contribution in [-0.4, -0.2) is 14.9 Å². The topological polar surface area (TPSA) is 78.2 Å². The summed E-state index contributed by atoms with van der Waals surface area (Å²) in [5.41, 5.74) is 4.76. The molecule has 4 rings (SSSR count). The summed E-state index contributed by atoms with van der Waals surface area (Å²) in [6.45, 7) is 3.97. The average Bonchev–Trinajstić information content (AvgIpc) is 2.70. The van der Waals surface area contributed by atoms with Gasteiger partial charge in [0, 0.05) is 11.6 Å². The molecule has 0 amide bonds. The van der Waals surface area contributed by atoms with E-state index >= 15 is 0 Å². The maximum absolute atomic E-state index is 11.6. The second-order valence-electron chi connectivity index (χ2n) is 6.53. The van der Waals surface area contributed by atoms with E-state index in [1.807, 2.05) is 50.2 Å². The summed E-state index contributed by atoms with van der Waals surface area (Å²) in [5, 5.41) is 11.6. The lowest BCUT2D eigenvalue weighted by atomic mass is 10.1. The van der Waals surface area contributed by atoms with E-state index in [2.05, 4.69) is 9.97 Å². The lowest BCUT2D eigenvalue weighted by Gasteiger charge is -2.10. The molecule has 3 aromatic carbocycles. The summed E-state index contributed by atoms with van der Waals surface area (Å²) in [4.78, 5) is 20.1. The Hall–Kier alpha value is -3.80. The van der Waals surface area contributed by atoms with Gasteiger partial charge in [-0.2, -0.15) is 0 Å². The number of nitro groups is 1. The Labute approximate surface area is 161 Å². The third-order valence-corrected chi connectivity index (χ3v) is 4.61. The highest BCUT2D eigenvalue weighted by Crippen LogP contribution is 2.35. The summed E-state index contributed by atoms with van der Waals surface area (Å²) in [6, 6.07) is 17.9. The zero-order chi connectivity index (χ0) is 19.7. The number of nitrogens with zero attached hydrogens (tertiary/aromatic N) is 3. The molecule has 0 fully saturated rings. The maximum Gasteiger partial charge on any atom is 0.312 e. The van der Waals surface area contributed by atoms with Crippen molar-refractivity contribution in [2.24, 2.45) is 0 Å². The number of para-hydroxylation sites is 2. The molecule has 0 spiro atoms. The van der Waals surface area contributed by atoms with E-state index in [1.165, 1.54) is 6.07 Å². The van der Waals surface area contributed by atoms with E-state index in [0.717, 1.165) is 22.2 Å². The number of hydrogen-bond acceptors (Lipinski definition) is 5. The number of aryl methyl sites for hydroxylation is 2. The first-order chi connectivity index (χ1) is 13.5. The van der Waals surface area contributed by atoms with Crippen LogP contribution in [0.1, 0.15) is 11.1 Å². The van der Waals surface area contributed by atoms with Gasteiger partial charge in [0.2, 0.25) is 5.75 Å². The van der Waals surface area contributed by atoms with Crippen LogP contribution in [0.3, 0.4) is 0 Å². The van der Waals surface area contributed by atoms with Crippen molar-refractivity contribution >= 4 is 16.7 Å². The molecule has 6 nitrogen and oxygen atoms in total. The van der Waals surface area contributed by atoms with E-state index in [1.54, 1.807) is 24.4 Å². The van der Waals surface area contributed by atoms with Crippen LogP contribution in [0.5, 0.6) is 11.5 Å². The minimum atomic E-state index is -0.450. The maximum atomic E-state index is 11.6. The van der Waals surface area contributed by atoms with Gasteiger partial charge in [0.05, 0.1) is 27.8 Å². The fraction of sp³-hybridized carbons (Fsp3) is 0.0909. The van der Waals surface area contributed by atoms with Crippen molar-refractivity contribution in [1.29, 1.82) is 0 Å². The molecule has 0 N–H and O–H groups in total. The van der Waals surface area contributed by atoms with Crippen molar-refractivity contribution in [3.63, 3.8) is 0 Å².